The van der Waals surface area contributed by atoms with Crippen LogP contribution < -0.4 is 15.4 Å². The highest BCUT2D eigenvalue weighted by molar-refractivity contribution is 6.02. The fourth-order valence-corrected chi connectivity index (χ4v) is 5.43. The lowest BCUT2D eigenvalue weighted by Gasteiger charge is -2.36. The van der Waals surface area contributed by atoms with Gasteiger partial charge in [0.1, 0.15) is 5.75 Å². The molecule has 0 unspecified atom stereocenters. The predicted molar refractivity (Wildman–Crippen MR) is 179 cm³/mol. The van der Waals surface area contributed by atoms with Crippen LogP contribution in [0.15, 0.2) is 78.9 Å². The van der Waals surface area contributed by atoms with Crippen LogP contribution in [-0.4, -0.2) is 84.4 Å². The van der Waals surface area contributed by atoms with Crippen molar-refractivity contribution in [3.63, 3.8) is 0 Å². The van der Waals surface area contributed by atoms with Gasteiger partial charge in [-0.1, -0.05) is 43.3 Å². The first-order valence-electron chi connectivity index (χ1n) is 15.9. The van der Waals surface area contributed by atoms with E-state index >= 15 is 0 Å². The van der Waals surface area contributed by atoms with E-state index in [9.17, 15) is 19.5 Å². The molecule has 0 bridgehead atoms. The van der Waals surface area contributed by atoms with Gasteiger partial charge in [0.2, 0.25) is 0 Å². The van der Waals surface area contributed by atoms with E-state index in [-0.39, 0.29) is 48.7 Å². The molecule has 3 aromatic rings. The Kier molecular flexibility index (Phi) is 12.6. The number of nitrogens with zero attached hydrogens (tertiary/aromatic N) is 2. The maximum absolute atomic E-state index is 14.3. The number of rotatable bonds is 7. The molecule has 4 atom stereocenters. The summed E-state index contributed by atoms with van der Waals surface area (Å²) in [5.41, 5.74) is 1.93. The Morgan fingerprint density at radius 1 is 0.978 bits per heavy atom. The van der Waals surface area contributed by atoms with Crippen LogP contribution in [-0.2, 0) is 4.74 Å². The number of carbonyl (C=O) groups is 3. The summed E-state index contributed by atoms with van der Waals surface area (Å²) in [5, 5.41) is 15.8. The number of aliphatic hydroxyl groups is 1. The molecule has 0 fully saturated rings. The van der Waals surface area contributed by atoms with Gasteiger partial charge in [-0.25, -0.2) is 4.79 Å². The molecule has 3 N–H and O–H groups in total. The van der Waals surface area contributed by atoms with Crippen molar-refractivity contribution in [1.82, 2.24) is 9.80 Å². The van der Waals surface area contributed by atoms with Gasteiger partial charge in [0, 0.05) is 49.6 Å². The SMILES string of the molecule is C[C@@H]1CN([C@H](C)CO)C(=O)c2cc(NC(=O)Nc3ccccc3)ccc2O[C@@H](C)CCCCO[C@H]1CN(C)C(=O)c1ccccc1. The summed E-state index contributed by atoms with van der Waals surface area (Å²) in [6, 6.07) is 22.2. The summed E-state index contributed by atoms with van der Waals surface area (Å²) in [5.74, 6) is -0.225. The number of carbonyl (C=O) groups excluding carboxylic acids is 3. The topological polar surface area (TPSA) is 120 Å². The standard InChI is InChI=1S/C36H46N4O6/c1-25-22-40(26(2)24-41)35(43)31-21-30(38-36(44)37-29-16-9-6-10-17-29)18-19-32(31)46-27(3)13-11-12-20-45-33(25)23-39(4)34(42)28-14-7-5-8-15-28/h5-10,14-19,21,25-27,33,41H,11-13,20,22-24H2,1-4H3,(H2,37,38,44)/t25-,26-,27+,33+/m1/s1. The van der Waals surface area contributed by atoms with E-state index in [1.165, 1.54) is 0 Å². The van der Waals surface area contributed by atoms with Crippen LogP contribution in [0.1, 0.15) is 60.7 Å². The Balaban J connectivity index is 1.60. The van der Waals surface area contributed by atoms with Crippen molar-refractivity contribution in [2.45, 2.75) is 58.3 Å². The zero-order valence-corrected chi connectivity index (χ0v) is 27.1. The number of amides is 4. The van der Waals surface area contributed by atoms with E-state index in [4.69, 9.17) is 9.47 Å². The van der Waals surface area contributed by atoms with Gasteiger partial charge in [0.25, 0.3) is 11.8 Å². The molecule has 3 aromatic carbocycles. The number of para-hydroxylation sites is 1. The fourth-order valence-electron chi connectivity index (χ4n) is 5.43. The Morgan fingerprint density at radius 3 is 2.35 bits per heavy atom. The number of fused-ring (bicyclic) bond motifs is 1. The lowest BCUT2D eigenvalue weighted by atomic mass is 10.0. The van der Waals surface area contributed by atoms with Crippen molar-refractivity contribution in [1.29, 1.82) is 0 Å². The highest BCUT2D eigenvalue weighted by Gasteiger charge is 2.31. The minimum Gasteiger partial charge on any atom is -0.490 e. The van der Waals surface area contributed by atoms with E-state index in [0.29, 0.717) is 35.8 Å². The first-order chi connectivity index (χ1) is 22.2. The Hall–Kier alpha value is -4.41. The lowest BCUT2D eigenvalue weighted by Crippen LogP contribution is -2.48. The van der Waals surface area contributed by atoms with Gasteiger partial charge in [0.05, 0.1) is 30.4 Å². The van der Waals surface area contributed by atoms with Gasteiger partial charge in [-0.05, 0) is 75.6 Å². The molecule has 0 saturated heterocycles. The second-order valence-corrected chi connectivity index (χ2v) is 12.0. The zero-order valence-electron chi connectivity index (χ0n) is 27.1. The number of hydrogen-bond donors (Lipinski definition) is 3. The molecule has 0 aliphatic carbocycles. The number of hydrogen-bond acceptors (Lipinski definition) is 6. The van der Waals surface area contributed by atoms with Gasteiger partial charge >= 0.3 is 6.03 Å². The van der Waals surface area contributed by atoms with E-state index in [1.807, 2.05) is 50.2 Å². The van der Waals surface area contributed by atoms with Crippen molar-refractivity contribution in [2.75, 3.05) is 44.0 Å². The van der Waals surface area contributed by atoms with Gasteiger partial charge in [-0.15, -0.1) is 0 Å². The fraction of sp³-hybridized carbons (Fsp3) is 0.417. The maximum atomic E-state index is 14.3. The van der Waals surface area contributed by atoms with Crippen LogP contribution in [0, 0.1) is 5.92 Å². The number of nitrogens with one attached hydrogen (secondary N) is 2. The molecular formula is C36H46N4O6. The van der Waals surface area contributed by atoms with E-state index in [1.54, 1.807) is 66.2 Å². The molecule has 0 saturated carbocycles. The predicted octanol–water partition coefficient (Wildman–Crippen LogP) is 5.90. The Bertz CT molecular complexity index is 1440. The summed E-state index contributed by atoms with van der Waals surface area (Å²) >= 11 is 0. The van der Waals surface area contributed by atoms with Crippen LogP contribution in [0.5, 0.6) is 5.75 Å². The maximum Gasteiger partial charge on any atom is 0.323 e. The molecule has 10 heteroatoms. The summed E-state index contributed by atoms with van der Waals surface area (Å²) in [7, 11) is 1.76. The van der Waals surface area contributed by atoms with Gasteiger partial charge in [-0.2, -0.15) is 0 Å². The minimum atomic E-state index is -0.518. The van der Waals surface area contributed by atoms with Crippen molar-refractivity contribution >= 4 is 29.2 Å². The van der Waals surface area contributed by atoms with Crippen molar-refractivity contribution < 1.29 is 29.0 Å². The Labute approximate surface area is 271 Å². The second kappa shape index (κ2) is 16.8. The van der Waals surface area contributed by atoms with Gasteiger partial charge in [0.15, 0.2) is 0 Å². The highest BCUT2D eigenvalue weighted by atomic mass is 16.5. The van der Waals surface area contributed by atoms with Crippen LogP contribution in [0.4, 0.5) is 16.2 Å². The van der Waals surface area contributed by atoms with Crippen molar-refractivity contribution in [3.8, 4) is 5.75 Å². The molecule has 46 heavy (non-hydrogen) atoms. The molecule has 1 aliphatic rings. The van der Waals surface area contributed by atoms with Crippen LogP contribution in [0.3, 0.4) is 0 Å². The minimum absolute atomic E-state index is 0.108. The van der Waals surface area contributed by atoms with Crippen LogP contribution in [0.2, 0.25) is 0 Å². The number of ether oxygens (including phenoxy) is 2. The lowest BCUT2D eigenvalue weighted by molar-refractivity contribution is -0.0149. The van der Waals surface area contributed by atoms with Crippen LogP contribution >= 0.6 is 0 Å². The monoisotopic (exact) mass is 630 g/mol. The average Bonchev–Trinajstić information content (AvgIpc) is 3.06. The summed E-state index contributed by atoms with van der Waals surface area (Å²) in [4.78, 5) is 43.5. The average molecular weight is 631 g/mol. The normalized spacial score (nSPS) is 20.0. The van der Waals surface area contributed by atoms with Gasteiger partial charge in [-0.3, -0.25) is 9.59 Å². The molecular weight excluding hydrogens is 584 g/mol. The second-order valence-electron chi connectivity index (χ2n) is 12.0. The van der Waals surface area contributed by atoms with Crippen LogP contribution in [0.25, 0.3) is 0 Å². The van der Waals surface area contributed by atoms with E-state index in [0.717, 1.165) is 19.3 Å². The molecule has 4 rings (SSSR count). The van der Waals surface area contributed by atoms with Gasteiger partial charge < -0.3 is 35.0 Å². The molecule has 1 aliphatic heterocycles. The molecule has 1 heterocycles. The first-order valence-corrected chi connectivity index (χ1v) is 15.9. The summed E-state index contributed by atoms with van der Waals surface area (Å²) in [6.07, 6.45) is 1.89. The molecule has 4 amide bonds. The Morgan fingerprint density at radius 2 is 1.65 bits per heavy atom. The smallest absolute Gasteiger partial charge is 0.323 e. The number of likely N-dealkylation sites (N-methyl/N-ethyl adjacent to an activating group) is 1. The third kappa shape index (κ3) is 9.55. The quantitative estimate of drug-likeness (QED) is 0.299. The third-order valence-electron chi connectivity index (χ3n) is 8.16. The molecule has 0 aromatic heterocycles. The van der Waals surface area contributed by atoms with E-state index < -0.39 is 12.1 Å². The number of urea groups is 1. The highest BCUT2D eigenvalue weighted by Crippen LogP contribution is 2.29. The number of aliphatic hydroxyl groups excluding tert-OH is 1. The van der Waals surface area contributed by atoms with E-state index in [2.05, 4.69) is 10.6 Å². The molecule has 246 valence electrons. The zero-order chi connectivity index (χ0) is 33.1. The summed E-state index contributed by atoms with van der Waals surface area (Å²) < 4.78 is 12.7. The molecule has 10 nitrogen and oxygen atoms in total. The number of anilines is 2. The number of benzene rings is 3. The molecule has 0 radical (unpaired) electrons. The van der Waals surface area contributed by atoms with Crippen molar-refractivity contribution in [3.05, 3.63) is 90.0 Å². The summed E-state index contributed by atoms with van der Waals surface area (Å²) in [6.45, 7) is 6.60. The first kappa shape index (κ1) is 34.5. The molecule has 0 spiro atoms. The van der Waals surface area contributed by atoms with Crippen molar-refractivity contribution in [2.24, 2.45) is 5.92 Å². The third-order valence-corrected chi connectivity index (χ3v) is 8.16. The largest absolute Gasteiger partial charge is 0.490 e.